The largest absolute Gasteiger partial charge is 0.383 e. The summed E-state index contributed by atoms with van der Waals surface area (Å²) < 4.78 is 4.88. The molecule has 2 amide bonds. The van der Waals surface area contributed by atoms with E-state index in [9.17, 15) is 9.59 Å². The second kappa shape index (κ2) is 9.61. The smallest absolute Gasteiger partial charge is 0.253 e. The van der Waals surface area contributed by atoms with Crippen LogP contribution in [0.4, 0.5) is 0 Å². The summed E-state index contributed by atoms with van der Waals surface area (Å²) in [5.74, 6) is -0.152. The van der Waals surface area contributed by atoms with Gasteiger partial charge in [0.05, 0.1) is 6.61 Å². The van der Waals surface area contributed by atoms with Crippen LogP contribution in [-0.2, 0) is 9.53 Å². The highest BCUT2D eigenvalue weighted by molar-refractivity contribution is 5.94. The molecule has 1 unspecified atom stereocenters. The molecule has 1 atom stereocenters. The van der Waals surface area contributed by atoms with Crippen LogP contribution in [0, 0.1) is 6.92 Å². The van der Waals surface area contributed by atoms with Crippen LogP contribution in [0.15, 0.2) is 24.3 Å². The van der Waals surface area contributed by atoms with Gasteiger partial charge in [0.2, 0.25) is 5.91 Å². The Morgan fingerprint density at radius 1 is 1.29 bits per heavy atom. The fourth-order valence-corrected chi connectivity index (χ4v) is 2.67. The van der Waals surface area contributed by atoms with Gasteiger partial charge in [-0.2, -0.15) is 0 Å². The summed E-state index contributed by atoms with van der Waals surface area (Å²) >= 11 is 0. The molecular weight excluding hydrogens is 330 g/mol. The number of nitrogens with one attached hydrogen (secondary N) is 1. The summed E-state index contributed by atoms with van der Waals surface area (Å²) in [5, 5.41) is 2.93. The monoisotopic (exact) mass is 355 g/mol. The van der Waals surface area contributed by atoms with Gasteiger partial charge in [0.1, 0.15) is 6.04 Å². The van der Waals surface area contributed by atoms with Crippen molar-refractivity contribution in [2.75, 3.05) is 26.8 Å². The predicted octanol–water partition coefficient (Wildman–Crippen LogP) is 1.11. The molecule has 1 aliphatic heterocycles. The van der Waals surface area contributed by atoms with E-state index in [1.165, 1.54) is 7.11 Å². The number of nitrogens with zero attached hydrogens (tertiary/aromatic N) is 1. The Morgan fingerprint density at radius 3 is 2.42 bits per heavy atom. The maximum Gasteiger partial charge on any atom is 0.253 e. The number of methoxy groups -OCH3 is 1. The van der Waals surface area contributed by atoms with Crippen LogP contribution in [0.3, 0.4) is 0 Å². The fourth-order valence-electron chi connectivity index (χ4n) is 2.67. The molecule has 1 aromatic carbocycles. The number of hydrogen-bond acceptors (Lipinski definition) is 4. The van der Waals surface area contributed by atoms with Gasteiger partial charge in [-0.1, -0.05) is 17.7 Å². The number of halogens is 1. The molecule has 3 N–H and O–H groups in total. The van der Waals surface area contributed by atoms with Gasteiger partial charge in [0, 0.05) is 31.8 Å². The number of benzene rings is 1. The third-order valence-electron chi connectivity index (χ3n) is 4.11. The molecule has 7 heteroatoms. The number of carbonyl (C=O) groups excluding carboxylic acids is 2. The van der Waals surface area contributed by atoms with Crippen molar-refractivity contribution in [2.45, 2.75) is 31.8 Å². The van der Waals surface area contributed by atoms with E-state index < -0.39 is 6.04 Å². The average molecular weight is 356 g/mol. The standard InChI is InChI=1S/C17H25N3O3.ClH/c1-12-3-5-13(6-4-12)17(22)20-9-7-14(8-10-20)19-16(21)15(18)11-23-2;/h3-6,14-15H,7-11,18H2,1-2H3,(H,19,21);1H. The number of likely N-dealkylation sites (tertiary alicyclic amines) is 1. The molecular formula is C17H26ClN3O3. The first kappa shape index (κ1) is 20.4. The molecule has 1 fully saturated rings. The van der Waals surface area contributed by atoms with Crippen LogP contribution >= 0.6 is 12.4 Å². The number of aryl methyl sites for hydroxylation is 1. The lowest BCUT2D eigenvalue weighted by Crippen LogP contribution is -2.51. The van der Waals surface area contributed by atoms with Crippen molar-refractivity contribution in [3.05, 3.63) is 35.4 Å². The van der Waals surface area contributed by atoms with Gasteiger partial charge in [0.15, 0.2) is 0 Å². The van der Waals surface area contributed by atoms with Crippen molar-refractivity contribution in [1.29, 1.82) is 0 Å². The zero-order chi connectivity index (χ0) is 16.8. The van der Waals surface area contributed by atoms with Gasteiger partial charge >= 0.3 is 0 Å². The van der Waals surface area contributed by atoms with E-state index in [4.69, 9.17) is 10.5 Å². The Morgan fingerprint density at radius 2 is 1.88 bits per heavy atom. The van der Waals surface area contributed by atoms with Crippen LogP contribution in [0.25, 0.3) is 0 Å². The third kappa shape index (κ3) is 5.47. The number of amides is 2. The van der Waals surface area contributed by atoms with Crippen molar-refractivity contribution in [1.82, 2.24) is 10.2 Å². The van der Waals surface area contributed by atoms with E-state index in [0.29, 0.717) is 18.7 Å². The summed E-state index contributed by atoms with van der Waals surface area (Å²) in [6.45, 7) is 3.47. The van der Waals surface area contributed by atoms with E-state index in [1.807, 2.05) is 36.1 Å². The molecule has 0 aliphatic carbocycles. The van der Waals surface area contributed by atoms with Crippen LogP contribution in [0.1, 0.15) is 28.8 Å². The minimum atomic E-state index is -0.646. The molecule has 0 aromatic heterocycles. The lowest BCUT2D eigenvalue weighted by molar-refractivity contribution is -0.124. The molecule has 0 bridgehead atoms. The third-order valence-corrected chi connectivity index (χ3v) is 4.11. The van der Waals surface area contributed by atoms with Gasteiger partial charge in [-0.15, -0.1) is 12.4 Å². The Kier molecular flexibility index (Phi) is 8.18. The number of carbonyl (C=O) groups is 2. The van der Waals surface area contributed by atoms with Crippen molar-refractivity contribution < 1.29 is 14.3 Å². The Balaban J connectivity index is 0.00000288. The molecule has 0 radical (unpaired) electrons. The Hall–Kier alpha value is -1.63. The average Bonchev–Trinajstić information content (AvgIpc) is 2.56. The van der Waals surface area contributed by atoms with E-state index in [-0.39, 0.29) is 36.9 Å². The van der Waals surface area contributed by atoms with Crippen LogP contribution in [0.2, 0.25) is 0 Å². The van der Waals surface area contributed by atoms with E-state index >= 15 is 0 Å². The summed E-state index contributed by atoms with van der Waals surface area (Å²) in [6.07, 6.45) is 1.48. The highest BCUT2D eigenvalue weighted by Crippen LogP contribution is 2.14. The minimum Gasteiger partial charge on any atom is -0.383 e. The lowest BCUT2D eigenvalue weighted by atomic mass is 10.0. The van der Waals surface area contributed by atoms with Crippen LogP contribution < -0.4 is 11.1 Å². The predicted molar refractivity (Wildman–Crippen MR) is 95.3 cm³/mol. The summed E-state index contributed by atoms with van der Waals surface area (Å²) in [6, 6.07) is 7.01. The number of ether oxygens (including phenoxy) is 1. The first-order valence-electron chi connectivity index (χ1n) is 7.92. The molecule has 0 spiro atoms. The number of piperidine rings is 1. The molecule has 1 aromatic rings. The molecule has 1 heterocycles. The fraction of sp³-hybridized carbons (Fsp3) is 0.529. The quantitative estimate of drug-likeness (QED) is 0.828. The van der Waals surface area contributed by atoms with Gasteiger partial charge in [0.25, 0.3) is 5.91 Å². The van der Waals surface area contributed by atoms with E-state index in [0.717, 1.165) is 18.4 Å². The molecule has 0 saturated carbocycles. The summed E-state index contributed by atoms with van der Waals surface area (Å²) in [4.78, 5) is 26.1. The minimum absolute atomic E-state index is 0. The molecule has 6 nitrogen and oxygen atoms in total. The highest BCUT2D eigenvalue weighted by Gasteiger charge is 2.25. The van der Waals surface area contributed by atoms with Crippen molar-refractivity contribution in [3.63, 3.8) is 0 Å². The summed E-state index contributed by atoms with van der Waals surface area (Å²) in [7, 11) is 1.52. The van der Waals surface area contributed by atoms with Gasteiger partial charge < -0.3 is 20.7 Å². The first-order chi connectivity index (χ1) is 11.0. The first-order valence-corrected chi connectivity index (χ1v) is 7.92. The van der Waals surface area contributed by atoms with Crippen molar-refractivity contribution in [2.24, 2.45) is 5.73 Å². The molecule has 1 saturated heterocycles. The second-order valence-electron chi connectivity index (χ2n) is 6.00. The molecule has 134 valence electrons. The number of hydrogen-bond donors (Lipinski definition) is 2. The maximum atomic E-state index is 12.4. The van der Waals surface area contributed by atoms with E-state index in [2.05, 4.69) is 5.32 Å². The normalized spacial score (nSPS) is 16.2. The zero-order valence-corrected chi connectivity index (χ0v) is 15.0. The van der Waals surface area contributed by atoms with Gasteiger partial charge in [-0.3, -0.25) is 9.59 Å². The molecule has 24 heavy (non-hydrogen) atoms. The Labute approximate surface area is 149 Å². The second-order valence-corrected chi connectivity index (χ2v) is 6.00. The zero-order valence-electron chi connectivity index (χ0n) is 14.2. The SMILES string of the molecule is COCC(N)C(=O)NC1CCN(C(=O)c2ccc(C)cc2)CC1.Cl. The van der Waals surface area contributed by atoms with Crippen LogP contribution in [0.5, 0.6) is 0 Å². The highest BCUT2D eigenvalue weighted by atomic mass is 35.5. The maximum absolute atomic E-state index is 12.4. The molecule has 2 rings (SSSR count). The van der Waals surface area contributed by atoms with E-state index in [1.54, 1.807) is 0 Å². The summed E-state index contributed by atoms with van der Waals surface area (Å²) in [5.41, 5.74) is 7.55. The lowest BCUT2D eigenvalue weighted by Gasteiger charge is -2.33. The Bertz CT molecular complexity index is 543. The molecule has 1 aliphatic rings. The van der Waals surface area contributed by atoms with Crippen molar-refractivity contribution >= 4 is 24.2 Å². The van der Waals surface area contributed by atoms with Crippen molar-refractivity contribution in [3.8, 4) is 0 Å². The number of rotatable bonds is 5. The van der Waals surface area contributed by atoms with Crippen LogP contribution in [-0.4, -0.2) is 55.6 Å². The van der Waals surface area contributed by atoms with Gasteiger partial charge in [-0.25, -0.2) is 0 Å². The van der Waals surface area contributed by atoms with Gasteiger partial charge in [-0.05, 0) is 31.9 Å². The number of nitrogens with two attached hydrogens (primary N) is 1. The topological polar surface area (TPSA) is 84.7 Å².